The Balaban J connectivity index is 1.76. The highest BCUT2D eigenvalue weighted by molar-refractivity contribution is 8.14. The van der Waals surface area contributed by atoms with Crippen molar-refractivity contribution in [1.82, 2.24) is 0 Å². The molecule has 108 valence electrons. The lowest BCUT2D eigenvalue weighted by Crippen LogP contribution is -2.25. The molecular weight excluding hydrogens is 286 g/mol. The number of aliphatic imine (C=N–C) groups is 1. The van der Waals surface area contributed by atoms with Gasteiger partial charge in [-0.15, -0.1) is 8.78 Å². The lowest BCUT2D eigenvalue weighted by atomic mass is 10.0. The molecular formula is C13H14F2N2O2S. The fourth-order valence-electron chi connectivity index (χ4n) is 1.93. The predicted molar refractivity (Wildman–Crippen MR) is 74.9 cm³/mol. The van der Waals surface area contributed by atoms with Gasteiger partial charge in [0.2, 0.25) is 0 Å². The first-order valence-corrected chi connectivity index (χ1v) is 7.27. The number of hydrogen-bond donors (Lipinski definition) is 1. The van der Waals surface area contributed by atoms with E-state index >= 15 is 0 Å². The van der Waals surface area contributed by atoms with Gasteiger partial charge in [0.1, 0.15) is 0 Å². The maximum Gasteiger partial charge on any atom is 0.586 e. The zero-order valence-corrected chi connectivity index (χ0v) is 11.9. The van der Waals surface area contributed by atoms with Crippen LogP contribution in [0, 0.1) is 0 Å². The number of thioether (sulfide) groups is 1. The maximum absolute atomic E-state index is 12.9. The number of rotatable bonds is 2. The lowest BCUT2D eigenvalue weighted by molar-refractivity contribution is -0.286. The van der Waals surface area contributed by atoms with Crippen LogP contribution >= 0.6 is 11.8 Å². The van der Waals surface area contributed by atoms with Crippen LogP contribution < -0.4 is 14.8 Å². The molecule has 2 aliphatic heterocycles. The second-order valence-corrected chi connectivity index (χ2v) is 5.97. The van der Waals surface area contributed by atoms with Crippen molar-refractivity contribution in [3.63, 3.8) is 0 Å². The molecule has 0 saturated heterocycles. The van der Waals surface area contributed by atoms with Gasteiger partial charge in [-0.2, -0.15) is 0 Å². The van der Waals surface area contributed by atoms with Crippen molar-refractivity contribution < 1.29 is 18.3 Å². The van der Waals surface area contributed by atoms with Crippen molar-refractivity contribution in [1.29, 1.82) is 0 Å². The third-order valence-corrected chi connectivity index (χ3v) is 4.54. The summed E-state index contributed by atoms with van der Waals surface area (Å²) in [7, 11) is 0. The standard InChI is InChI=1S/C13H14F2N2O2S/c1-3-12(2)7-20-11(17-12)16-8-4-5-9-10(6-8)19-13(14,15)18-9/h4-6H,3,7H2,1-2H3,(H,16,17). The summed E-state index contributed by atoms with van der Waals surface area (Å²) in [4.78, 5) is 4.60. The van der Waals surface area contributed by atoms with E-state index in [9.17, 15) is 8.78 Å². The van der Waals surface area contributed by atoms with E-state index in [1.807, 2.05) is 0 Å². The molecule has 1 N–H and O–H groups in total. The Kier molecular flexibility index (Phi) is 3.04. The van der Waals surface area contributed by atoms with Gasteiger partial charge < -0.3 is 14.8 Å². The van der Waals surface area contributed by atoms with E-state index in [0.29, 0.717) is 5.69 Å². The van der Waals surface area contributed by atoms with Crippen LogP contribution in [0.15, 0.2) is 23.2 Å². The molecule has 0 aliphatic carbocycles. The normalized spacial score (nSPS) is 26.5. The van der Waals surface area contributed by atoms with Crippen LogP contribution in [0.1, 0.15) is 20.3 Å². The second-order valence-electron chi connectivity index (χ2n) is 5.01. The molecule has 0 bridgehead atoms. The summed E-state index contributed by atoms with van der Waals surface area (Å²) in [5, 5.41) is 3.91. The van der Waals surface area contributed by atoms with Crippen molar-refractivity contribution in [2.45, 2.75) is 32.1 Å². The summed E-state index contributed by atoms with van der Waals surface area (Å²) in [5.74, 6) is 0.982. The maximum atomic E-state index is 12.9. The van der Waals surface area contributed by atoms with Crippen LogP contribution in [0.2, 0.25) is 0 Å². The molecule has 0 fully saturated rings. The van der Waals surface area contributed by atoms with Gasteiger partial charge in [0.05, 0.1) is 5.54 Å². The molecule has 0 spiro atoms. The minimum Gasteiger partial charge on any atom is -0.395 e. The van der Waals surface area contributed by atoms with Crippen LogP contribution in [0.4, 0.5) is 14.5 Å². The summed E-state index contributed by atoms with van der Waals surface area (Å²) >= 11 is 1.62. The van der Waals surface area contributed by atoms with E-state index in [1.165, 1.54) is 12.1 Å². The smallest absolute Gasteiger partial charge is 0.395 e. The van der Waals surface area contributed by atoms with Crippen molar-refractivity contribution in [2.75, 3.05) is 11.1 Å². The van der Waals surface area contributed by atoms with E-state index in [4.69, 9.17) is 0 Å². The lowest BCUT2D eigenvalue weighted by Gasteiger charge is -2.15. The van der Waals surface area contributed by atoms with Crippen molar-refractivity contribution >= 4 is 22.6 Å². The van der Waals surface area contributed by atoms with Gasteiger partial charge in [-0.1, -0.05) is 18.7 Å². The van der Waals surface area contributed by atoms with E-state index < -0.39 is 6.29 Å². The minimum absolute atomic E-state index is 0.0295. The number of amidine groups is 1. The minimum atomic E-state index is -3.58. The Bertz CT molecular complexity index is 579. The largest absolute Gasteiger partial charge is 0.586 e. The molecule has 1 aromatic carbocycles. The van der Waals surface area contributed by atoms with Gasteiger partial charge in [-0.3, -0.25) is 4.99 Å². The van der Waals surface area contributed by atoms with Crippen molar-refractivity contribution in [2.24, 2.45) is 4.99 Å². The number of halogens is 2. The van der Waals surface area contributed by atoms with Gasteiger partial charge in [-0.25, -0.2) is 0 Å². The van der Waals surface area contributed by atoms with Crippen LogP contribution in [-0.4, -0.2) is 22.8 Å². The first kappa shape index (κ1) is 13.5. The van der Waals surface area contributed by atoms with Crippen molar-refractivity contribution in [3.05, 3.63) is 18.2 Å². The Morgan fingerprint density at radius 1 is 1.35 bits per heavy atom. The molecule has 0 saturated carbocycles. The molecule has 1 atom stereocenters. The summed E-state index contributed by atoms with van der Waals surface area (Å²) in [6, 6.07) is 4.60. The highest BCUT2D eigenvalue weighted by Gasteiger charge is 2.43. The summed E-state index contributed by atoms with van der Waals surface area (Å²) in [6.07, 6.45) is -2.63. The Hall–Kier alpha value is -1.50. The highest BCUT2D eigenvalue weighted by atomic mass is 32.2. The molecule has 4 nitrogen and oxygen atoms in total. The fourth-order valence-corrected chi connectivity index (χ4v) is 3.12. The molecule has 2 aliphatic rings. The monoisotopic (exact) mass is 300 g/mol. The van der Waals surface area contributed by atoms with Gasteiger partial charge >= 0.3 is 6.29 Å². The predicted octanol–water partition coefficient (Wildman–Crippen LogP) is 3.69. The van der Waals surface area contributed by atoms with Crippen LogP contribution in [0.5, 0.6) is 11.5 Å². The first-order valence-electron chi connectivity index (χ1n) is 6.29. The molecule has 3 rings (SSSR count). The van der Waals surface area contributed by atoms with E-state index in [0.717, 1.165) is 17.3 Å². The number of fused-ring (bicyclic) bond motifs is 1. The molecule has 7 heteroatoms. The number of nitrogens with zero attached hydrogens (tertiary/aromatic N) is 1. The molecule has 0 amide bonds. The zero-order valence-electron chi connectivity index (χ0n) is 11.1. The quantitative estimate of drug-likeness (QED) is 0.904. The Morgan fingerprint density at radius 3 is 2.80 bits per heavy atom. The molecule has 1 aromatic rings. The molecule has 0 radical (unpaired) electrons. The summed E-state index contributed by atoms with van der Waals surface area (Å²) in [5.41, 5.74) is 0.591. The third kappa shape index (κ3) is 2.54. The number of anilines is 1. The number of benzene rings is 1. The molecule has 1 unspecified atom stereocenters. The number of hydrogen-bond acceptors (Lipinski definition) is 5. The molecule has 0 aromatic heterocycles. The zero-order chi connectivity index (χ0) is 14.4. The topological polar surface area (TPSA) is 42.8 Å². The van der Waals surface area contributed by atoms with Gasteiger partial charge in [0, 0.05) is 17.5 Å². The Labute approximate surface area is 119 Å². The second kappa shape index (κ2) is 4.51. The first-order chi connectivity index (χ1) is 9.39. The van der Waals surface area contributed by atoms with Crippen LogP contribution in [0.3, 0.4) is 0 Å². The number of alkyl halides is 2. The number of nitrogens with one attached hydrogen (secondary N) is 1. The highest BCUT2D eigenvalue weighted by Crippen LogP contribution is 2.42. The average molecular weight is 300 g/mol. The van der Waals surface area contributed by atoms with Gasteiger partial charge in [-0.05, 0) is 25.5 Å². The fraction of sp³-hybridized carbons (Fsp3) is 0.462. The number of ether oxygens (including phenoxy) is 2. The summed E-state index contributed by atoms with van der Waals surface area (Å²) in [6.45, 7) is 4.19. The van der Waals surface area contributed by atoms with Gasteiger partial charge in [0.15, 0.2) is 16.7 Å². The molecule has 2 heterocycles. The van der Waals surface area contributed by atoms with E-state index in [-0.39, 0.29) is 17.0 Å². The summed E-state index contributed by atoms with van der Waals surface area (Å²) < 4.78 is 34.6. The Morgan fingerprint density at radius 2 is 2.10 bits per heavy atom. The third-order valence-electron chi connectivity index (χ3n) is 3.31. The van der Waals surface area contributed by atoms with Crippen LogP contribution in [0.25, 0.3) is 0 Å². The SMILES string of the molecule is CCC1(C)CSC(Nc2ccc3c(c2)OC(F)(F)O3)=N1. The van der Waals surface area contributed by atoms with E-state index in [2.05, 4.69) is 33.6 Å². The van der Waals surface area contributed by atoms with Crippen LogP contribution in [-0.2, 0) is 0 Å². The average Bonchev–Trinajstić information content (AvgIpc) is 2.88. The van der Waals surface area contributed by atoms with Crippen molar-refractivity contribution in [3.8, 4) is 11.5 Å². The van der Waals surface area contributed by atoms with E-state index in [1.54, 1.807) is 17.8 Å². The van der Waals surface area contributed by atoms with Gasteiger partial charge in [0.25, 0.3) is 0 Å². The molecule has 20 heavy (non-hydrogen) atoms.